The summed E-state index contributed by atoms with van der Waals surface area (Å²) >= 11 is 6.26. The number of aromatic nitrogens is 2. The third-order valence-electron chi connectivity index (χ3n) is 4.92. The number of unbranched alkanes of at least 4 members (excludes halogenated alkanes) is 2. The van der Waals surface area contributed by atoms with Gasteiger partial charge in [-0.2, -0.15) is 5.10 Å². The SMILES string of the molecule is CCCCCn1nc(C(=O)Nc2cc(C(=O)N(C)C)ccc2Cl)c2ccccc2c1=O. The zero-order valence-corrected chi connectivity index (χ0v) is 18.6. The average molecular weight is 441 g/mol. The molecule has 0 saturated heterocycles. The van der Waals surface area contributed by atoms with E-state index >= 15 is 0 Å². The van der Waals surface area contributed by atoms with E-state index in [0.29, 0.717) is 33.6 Å². The minimum absolute atomic E-state index is 0.132. The molecule has 0 saturated carbocycles. The lowest BCUT2D eigenvalue weighted by Gasteiger charge is -2.14. The fourth-order valence-corrected chi connectivity index (χ4v) is 3.42. The van der Waals surface area contributed by atoms with Gasteiger partial charge in [0.25, 0.3) is 17.4 Å². The number of nitrogens with one attached hydrogen (secondary N) is 1. The van der Waals surface area contributed by atoms with Crippen molar-refractivity contribution in [3.8, 4) is 0 Å². The van der Waals surface area contributed by atoms with Gasteiger partial charge in [-0.3, -0.25) is 14.4 Å². The topological polar surface area (TPSA) is 84.3 Å². The lowest BCUT2D eigenvalue weighted by molar-refractivity contribution is 0.0827. The minimum atomic E-state index is -0.503. The Kier molecular flexibility index (Phi) is 7.07. The van der Waals surface area contributed by atoms with Gasteiger partial charge in [0, 0.05) is 31.6 Å². The summed E-state index contributed by atoms with van der Waals surface area (Å²) in [5.41, 5.74) is 0.605. The number of rotatable bonds is 7. The van der Waals surface area contributed by atoms with Gasteiger partial charge < -0.3 is 10.2 Å². The van der Waals surface area contributed by atoms with Crippen molar-refractivity contribution in [2.24, 2.45) is 0 Å². The molecular formula is C23H25ClN4O3. The number of hydrogen-bond acceptors (Lipinski definition) is 4. The van der Waals surface area contributed by atoms with Crippen LogP contribution in [0.3, 0.4) is 0 Å². The van der Waals surface area contributed by atoms with E-state index in [1.54, 1.807) is 50.5 Å². The second-order valence-electron chi connectivity index (χ2n) is 7.48. The standard InChI is InChI=1S/C23H25ClN4O3/c1-4-5-8-13-28-23(31)17-10-7-6-9-16(17)20(26-28)21(29)25-19-14-15(11-12-18(19)24)22(30)27(2)3/h6-7,9-12,14H,4-5,8,13H2,1-3H3,(H,25,29). The van der Waals surface area contributed by atoms with Crippen molar-refractivity contribution in [2.45, 2.75) is 32.7 Å². The number of carbonyl (C=O) groups excluding carboxylic acids is 2. The highest BCUT2D eigenvalue weighted by Gasteiger charge is 2.19. The van der Waals surface area contributed by atoms with Crippen LogP contribution in [0, 0.1) is 0 Å². The molecule has 0 aliphatic heterocycles. The first-order valence-electron chi connectivity index (χ1n) is 10.2. The summed E-state index contributed by atoms with van der Waals surface area (Å²) in [6, 6.07) is 11.6. The lowest BCUT2D eigenvalue weighted by Crippen LogP contribution is -2.28. The summed E-state index contributed by atoms with van der Waals surface area (Å²) in [7, 11) is 3.29. The van der Waals surface area contributed by atoms with Crippen LogP contribution in [0.25, 0.3) is 10.8 Å². The molecule has 31 heavy (non-hydrogen) atoms. The molecule has 2 aromatic carbocycles. The molecule has 0 bridgehead atoms. The smallest absolute Gasteiger partial charge is 0.276 e. The first-order chi connectivity index (χ1) is 14.8. The molecule has 2 amide bonds. The maximum Gasteiger partial charge on any atom is 0.276 e. The molecule has 0 spiro atoms. The van der Waals surface area contributed by atoms with E-state index in [0.717, 1.165) is 19.3 Å². The summed E-state index contributed by atoms with van der Waals surface area (Å²) < 4.78 is 1.35. The molecule has 1 aromatic heterocycles. The van der Waals surface area contributed by atoms with E-state index in [2.05, 4.69) is 17.3 Å². The largest absolute Gasteiger partial charge is 0.345 e. The van der Waals surface area contributed by atoms with E-state index in [-0.39, 0.29) is 17.2 Å². The number of nitrogens with zero attached hydrogens (tertiary/aromatic N) is 3. The molecule has 162 valence electrons. The monoisotopic (exact) mass is 440 g/mol. The lowest BCUT2D eigenvalue weighted by atomic mass is 10.1. The second-order valence-corrected chi connectivity index (χ2v) is 7.89. The van der Waals surface area contributed by atoms with Crippen LogP contribution in [0.1, 0.15) is 47.0 Å². The Morgan fingerprint density at radius 1 is 1.10 bits per heavy atom. The van der Waals surface area contributed by atoms with Gasteiger partial charge >= 0.3 is 0 Å². The Bertz CT molecular complexity index is 1190. The highest BCUT2D eigenvalue weighted by molar-refractivity contribution is 6.34. The third kappa shape index (κ3) is 4.94. The zero-order valence-electron chi connectivity index (χ0n) is 17.8. The van der Waals surface area contributed by atoms with Gasteiger partial charge in [0.2, 0.25) is 0 Å². The Labute approximate surface area is 185 Å². The van der Waals surface area contributed by atoms with E-state index in [1.165, 1.54) is 15.6 Å². The summed E-state index contributed by atoms with van der Waals surface area (Å²) in [6.45, 7) is 2.51. The van der Waals surface area contributed by atoms with Crippen LogP contribution in [-0.4, -0.2) is 40.6 Å². The van der Waals surface area contributed by atoms with Crippen LogP contribution in [-0.2, 0) is 6.54 Å². The Morgan fingerprint density at radius 3 is 2.48 bits per heavy atom. The summed E-state index contributed by atoms with van der Waals surface area (Å²) in [4.78, 5) is 39.7. The summed E-state index contributed by atoms with van der Waals surface area (Å²) in [5, 5.41) is 8.30. The molecule has 0 radical (unpaired) electrons. The van der Waals surface area contributed by atoms with E-state index in [1.807, 2.05) is 0 Å². The van der Waals surface area contributed by atoms with Crippen molar-refractivity contribution in [3.63, 3.8) is 0 Å². The van der Waals surface area contributed by atoms with Crippen molar-refractivity contribution in [1.82, 2.24) is 14.7 Å². The Morgan fingerprint density at radius 2 is 1.81 bits per heavy atom. The molecule has 3 aromatic rings. The Hall–Kier alpha value is -3.19. The molecule has 7 nitrogen and oxygen atoms in total. The molecule has 0 aliphatic carbocycles. The van der Waals surface area contributed by atoms with Crippen LogP contribution in [0.4, 0.5) is 5.69 Å². The number of anilines is 1. The third-order valence-corrected chi connectivity index (χ3v) is 5.25. The van der Waals surface area contributed by atoms with Crippen molar-refractivity contribution >= 4 is 39.9 Å². The van der Waals surface area contributed by atoms with Crippen LogP contribution < -0.4 is 10.9 Å². The van der Waals surface area contributed by atoms with Gasteiger partial charge in [-0.15, -0.1) is 0 Å². The molecule has 8 heteroatoms. The molecule has 0 atom stereocenters. The number of hydrogen-bond donors (Lipinski definition) is 1. The Balaban J connectivity index is 2.01. The van der Waals surface area contributed by atoms with Gasteiger partial charge in [-0.1, -0.05) is 49.6 Å². The zero-order chi connectivity index (χ0) is 22.5. The average Bonchev–Trinajstić information content (AvgIpc) is 2.76. The molecule has 0 aliphatic rings. The normalized spacial score (nSPS) is 10.8. The molecule has 1 N–H and O–H groups in total. The number of aryl methyl sites for hydroxylation is 1. The van der Waals surface area contributed by atoms with Crippen molar-refractivity contribution in [3.05, 3.63) is 69.1 Å². The first kappa shape index (κ1) is 22.5. The van der Waals surface area contributed by atoms with Crippen molar-refractivity contribution < 1.29 is 9.59 Å². The highest BCUT2D eigenvalue weighted by Crippen LogP contribution is 2.25. The quantitative estimate of drug-likeness (QED) is 0.558. The van der Waals surface area contributed by atoms with Gasteiger partial charge in [-0.05, 0) is 30.7 Å². The fourth-order valence-electron chi connectivity index (χ4n) is 3.26. The molecule has 0 fully saturated rings. The predicted octanol–water partition coefficient (Wildman–Crippen LogP) is 4.19. The van der Waals surface area contributed by atoms with Crippen LogP contribution in [0.15, 0.2) is 47.3 Å². The van der Waals surface area contributed by atoms with Gasteiger partial charge in [0.15, 0.2) is 5.69 Å². The minimum Gasteiger partial charge on any atom is -0.345 e. The van der Waals surface area contributed by atoms with E-state index < -0.39 is 5.91 Å². The number of halogens is 1. The molecule has 1 heterocycles. The number of benzene rings is 2. The molecular weight excluding hydrogens is 416 g/mol. The van der Waals surface area contributed by atoms with Gasteiger partial charge in [-0.25, -0.2) is 4.68 Å². The predicted molar refractivity (Wildman–Crippen MR) is 123 cm³/mol. The first-order valence-corrected chi connectivity index (χ1v) is 10.5. The number of carbonyl (C=O) groups is 2. The van der Waals surface area contributed by atoms with Crippen LogP contribution in [0.5, 0.6) is 0 Å². The van der Waals surface area contributed by atoms with Gasteiger partial charge in [0.1, 0.15) is 0 Å². The maximum absolute atomic E-state index is 13.1. The summed E-state index contributed by atoms with van der Waals surface area (Å²) in [5.74, 6) is -0.711. The summed E-state index contributed by atoms with van der Waals surface area (Å²) in [6.07, 6.45) is 2.77. The van der Waals surface area contributed by atoms with Crippen molar-refractivity contribution in [1.29, 1.82) is 0 Å². The second kappa shape index (κ2) is 9.75. The molecule has 0 unspecified atom stereocenters. The molecule has 3 rings (SSSR count). The number of amides is 2. The van der Waals surface area contributed by atoms with Crippen LogP contribution >= 0.6 is 11.6 Å². The maximum atomic E-state index is 13.1. The van der Waals surface area contributed by atoms with E-state index in [9.17, 15) is 14.4 Å². The van der Waals surface area contributed by atoms with Crippen LogP contribution in [0.2, 0.25) is 5.02 Å². The van der Waals surface area contributed by atoms with Gasteiger partial charge in [0.05, 0.1) is 16.1 Å². The highest BCUT2D eigenvalue weighted by atomic mass is 35.5. The van der Waals surface area contributed by atoms with Crippen molar-refractivity contribution in [2.75, 3.05) is 19.4 Å². The van der Waals surface area contributed by atoms with E-state index in [4.69, 9.17) is 11.6 Å². The number of fused-ring (bicyclic) bond motifs is 1. The fraction of sp³-hybridized carbons (Fsp3) is 0.304.